The molecule has 1 aliphatic heterocycles. The number of hydrogen-bond donors (Lipinski definition) is 2. The normalized spacial score (nSPS) is 18.5. The smallest absolute Gasteiger partial charge is 0.191 e. The van der Waals surface area contributed by atoms with Gasteiger partial charge in [-0.15, -0.1) is 0 Å². The molecule has 1 heterocycles. The Bertz CT molecular complexity index is 345. The van der Waals surface area contributed by atoms with Crippen LogP contribution in [0.1, 0.15) is 53.4 Å². The van der Waals surface area contributed by atoms with E-state index in [-0.39, 0.29) is 5.60 Å². The first-order valence-electron chi connectivity index (χ1n) is 9.21. The first-order chi connectivity index (χ1) is 11.0. The third-order valence-electron chi connectivity index (χ3n) is 5.14. The number of nitrogens with zero attached hydrogens (tertiary/aromatic N) is 2. The summed E-state index contributed by atoms with van der Waals surface area (Å²) in [5, 5.41) is 6.91. The number of nitrogens with one attached hydrogen (secondary N) is 2. The van der Waals surface area contributed by atoms with Crippen molar-refractivity contribution < 1.29 is 4.74 Å². The quantitative estimate of drug-likeness (QED) is 0.505. The van der Waals surface area contributed by atoms with Crippen molar-refractivity contribution in [2.75, 3.05) is 40.3 Å². The van der Waals surface area contributed by atoms with E-state index < -0.39 is 0 Å². The lowest BCUT2D eigenvalue weighted by molar-refractivity contribution is 0.0268. The van der Waals surface area contributed by atoms with E-state index in [1.54, 1.807) is 7.11 Å². The molecule has 0 amide bonds. The highest BCUT2D eigenvalue weighted by molar-refractivity contribution is 5.79. The zero-order valence-electron chi connectivity index (χ0n) is 16.1. The SMILES string of the molecule is CCC(CC)C(CNC(=NC)NCC(C)(C)OC)N1CCCC1. The number of hydrogen-bond acceptors (Lipinski definition) is 3. The van der Waals surface area contributed by atoms with Crippen molar-refractivity contribution in [1.29, 1.82) is 0 Å². The van der Waals surface area contributed by atoms with E-state index in [2.05, 4.69) is 48.2 Å². The predicted octanol–water partition coefficient (Wildman–Crippen LogP) is 2.48. The molecule has 0 aliphatic carbocycles. The van der Waals surface area contributed by atoms with Gasteiger partial charge < -0.3 is 15.4 Å². The van der Waals surface area contributed by atoms with Gasteiger partial charge in [-0.05, 0) is 45.7 Å². The summed E-state index contributed by atoms with van der Waals surface area (Å²) in [5.41, 5.74) is -0.193. The van der Waals surface area contributed by atoms with Gasteiger partial charge in [-0.1, -0.05) is 26.7 Å². The van der Waals surface area contributed by atoms with Gasteiger partial charge in [0.05, 0.1) is 5.60 Å². The molecule has 1 fully saturated rings. The van der Waals surface area contributed by atoms with E-state index >= 15 is 0 Å². The molecular weight excluding hydrogens is 288 g/mol. The maximum Gasteiger partial charge on any atom is 0.191 e. The Morgan fingerprint density at radius 2 is 1.78 bits per heavy atom. The van der Waals surface area contributed by atoms with Crippen LogP contribution in [0.3, 0.4) is 0 Å². The number of rotatable bonds is 9. The Morgan fingerprint density at radius 3 is 2.26 bits per heavy atom. The lowest BCUT2D eigenvalue weighted by atomic mass is 9.93. The summed E-state index contributed by atoms with van der Waals surface area (Å²) in [4.78, 5) is 7.02. The molecule has 1 saturated heterocycles. The first-order valence-corrected chi connectivity index (χ1v) is 9.21. The molecule has 2 N–H and O–H groups in total. The Hall–Kier alpha value is -0.810. The molecule has 23 heavy (non-hydrogen) atoms. The van der Waals surface area contributed by atoms with Gasteiger partial charge in [-0.25, -0.2) is 0 Å². The molecule has 5 nitrogen and oxygen atoms in total. The van der Waals surface area contributed by atoms with Crippen molar-refractivity contribution in [3.05, 3.63) is 0 Å². The van der Waals surface area contributed by atoms with Crippen molar-refractivity contribution in [2.45, 2.75) is 65.0 Å². The molecular formula is C18H38N4O. The molecule has 1 atom stereocenters. The second kappa shape index (κ2) is 10.1. The summed E-state index contributed by atoms with van der Waals surface area (Å²) in [6.07, 6.45) is 5.15. The third-order valence-corrected chi connectivity index (χ3v) is 5.14. The zero-order valence-corrected chi connectivity index (χ0v) is 16.1. The van der Waals surface area contributed by atoms with Gasteiger partial charge in [0.25, 0.3) is 0 Å². The van der Waals surface area contributed by atoms with Crippen molar-refractivity contribution in [1.82, 2.24) is 15.5 Å². The molecule has 0 radical (unpaired) electrons. The monoisotopic (exact) mass is 326 g/mol. The van der Waals surface area contributed by atoms with Gasteiger partial charge in [0.1, 0.15) is 0 Å². The van der Waals surface area contributed by atoms with Gasteiger partial charge in [-0.3, -0.25) is 9.89 Å². The third kappa shape index (κ3) is 6.68. The van der Waals surface area contributed by atoms with E-state index in [1.165, 1.54) is 38.8 Å². The largest absolute Gasteiger partial charge is 0.377 e. The Balaban J connectivity index is 2.57. The number of aliphatic imine (C=N–C) groups is 1. The number of guanidine groups is 1. The zero-order chi connectivity index (χ0) is 17.3. The highest BCUT2D eigenvalue weighted by Crippen LogP contribution is 2.22. The van der Waals surface area contributed by atoms with Crippen LogP contribution in [0.2, 0.25) is 0 Å². The van der Waals surface area contributed by atoms with Gasteiger partial charge in [0.2, 0.25) is 0 Å². The maximum absolute atomic E-state index is 5.46. The molecule has 0 aromatic rings. The van der Waals surface area contributed by atoms with E-state index in [1.807, 2.05) is 7.05 Å². The summed E-state index contributed by atoms with van der Waals surface area (Å²) in [6, 6.07) is 0.599. The molecule has 136 valence electrons. The molecule has 0 aromatic heterocycles. The van der Waals surface area contributed by atoms with Gasteiger partial charge in [-0.2, -0.15) is 0 Å². The molecule has 0 spiro atoms. The van der Waals surface area contributed by atoms with E-state index in [0.29, 0.717) is 6.04 Å². The minimum Gasteiger partial charge on any atom is -0.377 e. The van der Waals surface area contributed by atoms with Gasteiger partial charge in [0, 0.05) is 33.3 Å². The predicted molar refractivity (Wildman–Crippen MR) is 99.1 cm³/mol. The number of likely N-dealkylation sites (tertiary alicyclic amines) is 1. The summed E-state index contributed by atoms with van der Waals surface area (Å²) >= 11 is 0. The minimum absolute atomic E-state index is 0.193. The van der Waals surface area contributed by atoms with E-state index in [9.17, 15) is 0 Å². The standard InChI is InChI=1S/C18H38N4O/c1-7-15(8-2)16(22-11-9-10-12-22)13-20-17(19-5)21-14-18(3,4)23-6/h15-16H,7-14H2,1-6H3,(H2,19,20,21). The molecule has 1 aliphatic rings. The molecule has 1 rings (SSSR count). The van der Waals surface area contributed by atoms with Crippen molar-refractivity contribution in [2.24, 2.45) is 10.9 Å². The fourth-order valence-electron chi connectivity index (χ4n) is 3.29. The van der Waals surface area contributed by atoms with Crippen LogP contribution < -0.4 is 10.6 Å². The van der Waals surface area contributed by atoms with Crippen LogP contribution in [0.25, 0.3) is 0 Å². The fourth-order valence-corrected chi connectivity index (χ4v) is 3.29. The Morgan fingerprint density at radius 1 is 1.17 bits per heavy atom. The van der Waals surface area contributed by atoms with Crippen molar-refractivity contribution >= 4 is 5.96 Å². The summed E-state index contributed by atoms with van der Waals surface area (Å²) in [5.74, 6) is 1.61. The maximum atomic E-state index is 5.46. The number of ether oxygens (including phenoxy) is 1. The average Bonchev–Trinajstić information content (AvgIpc) is 3.08. The van der Waals surface area contributed by atoms with Crippen LogP contribution >= 0.6 is 0 Å². The van der Waals surface area contributed by atoms with E-state index in [0.717, 1.165) is 25.0 Å². The number of methoxy groups -OCH3 is 1. The average molecular weight is 327 g/mol. The lowest BCUT2D eigenvalue weighted by Crippen LogP contribution is -2.51. The van der Waals surface area contributed by atoms with Gasteiger partial charge >= 0.3 is 0 Å². The Labute approximate surface area is 143 Å². The van der Waals surface area contributed by atoms with Crippen molar-refractivity contribution in [3.63, 3.8) is 0 Å². The van der Waals surface area contributed by atoms with Crippen LogP contribution in [0.5, 0.6) is 0 Å². The highest BCUT2D eigenvalue weighted by Gasteiger charge is 2.27. The second-order valence-corrected chi connectivity index (χ2v) is 7.16. The van der Waals surface area contributed by atoms with Crippen LogP contribution in [0.4, 0.5) is 0 Å². The molecule has 0 aromatic carbocycles. The van der Waals surface area contributed by atoms with Crippen LogP contribution in [-0.4, -0.2) is 62.8 Å². The van der Waals surface area contributed by atoms with Crippen LogP contribution in [0.15, 0.2) is 4.99 Å². The van der Waals surface area contributed by atoms with E-state index in [4.69, 9.17) is 4.74 Å². The molecule has 1 unspecified atom stereocenters. The molecule has 0 bridgehead atoms. The first kappa shape index (κ1) is 20.2. The van der Waals surface area contributed by atoms with Crippen molar-refractivity contribution in [3.8, 4) is 0 Å². The summed E-state index contributed by atoms with van der Waals surface area (Å²) in [6.45, 7) is 12.9. The lowest BCUT2D eigenvalue weighted by Gasteiger charge is -2.34. The minimum atomic E-state index is -0.193. The molecule has 5 heteroatoms. The summed E-state index contributed by atoms with van der Waals surface area (Å²) < 4.78 is 5.46. The topological polar surface area (TPSA) is 48.9 Å². The molecule has 0 saturated carbocycles. The second-order valence-electron chi connectivity index (χ2n) is 7.16. The highest BCUT2D eigenvalue weighted by atomic mass is 16.5. The van der Waals surface area contributed by atoms with Crippen LogP contribution in [-0.2, 0) is 4.74 Å². The van der Waals surface area contributed by atoms with Gasteiger partial charge in [0.15, 0.2) is 5.96 Å². The van der Waals surface area contributed by atoms with Crippen LogP contribution in [0, 0.1) is 5.92 Å². The fraction of sp³-hybridized carbons (Fsp3) is 0.944. The Kier molecular flexibility index (Phi) is 8.92. The summed E-state index contributed by atoms with van der Waals surface area (Å²) in [7, 11) is 3.57.